The molecule has 1 aromatic rings. The van der Waals surface area contributed by atoms with Gasteiger partial charge in [-0.3, -0.25) is 14.5 Å². The fourth-order valence-corrected chi connectivity index (χ4v) is 2.63. The Kier molecular flexibility index (Phi) is 4.56. The molecule has 0 spiro atoms. The highest BCUT2D eigenvalue weighted by Gasteiger charge is 2.28. The van der Waals surface area contributed by atoms with Crippen molar-refractivity contribution in [1.29, 1.82) is 0 Å². The summed E-state index contributed by atoms with van der Waals surface area (Å²) in [6, 6.07) is 6.53. The molecule has 1 fully saturated rings. The molecule has 1 aliphatic rings. The Morgan fingerprint density at radius 1 is 1.37 bits per heavy atom. The van der Waals surface area contributed by atoms with Crippen molar-refractivity contribution in [2.45, 2.75) is 25.3 Å². The topological polar surface area (TPSA) is 63.4 Å². The van der Waals surface area contributed by atoms with Crippen LogP contribution in [0.1, 0.15) is 29.6 Å². The smallest absolute Gasteiger partial charge is 0.234 e. The van der Waals surface area contributed by atoms with Crippen LogP contribution in [0.2, 0.25) is 5.02 Å². The molecule has 0 aromatic heterocycles. The molecule has 4 nitrogen and oxygen atoms in total. The number of carbonyl (C=O) groups excluding carboxylic acids is 2. The van der Waals surface area contributed by atoms with E-state index in [4.69, 9.17) is 17.3 Å². The minimum absolute atomic E-state index is 0.0318. The summed E-state index contributed by atoms with van der Waals surface area (Å²) in [6.45, 7) is 0.952. The molecule has 1 aromatic carbocycles. The molecule has 19 heavy (non-hydrogen) atoms. The summed E-state index contributed by atoms with van der Waals surface area (Å²) in [5.41, 5.74) is 5.95. The van der Waals surface area contributed by atoms with Crippen molar-refractivity contribution in [2.24, 2.45) is 5.73 Å². The van der Waals surface area contributed by atoms with Crippen molar-refractivity contribution in [3.8, 4) is 0 Å². The largest absolute Gasteiger partial charge is 0.368 e. The third kappa shape index (κ3) is 3.55. The maximum absolute atomic E-state index is 12.2. The van der Waals surface area contributed by atoms with Crippen LogP contribution in [-0.2, 0) is 4.79 Å². The highest BCUT2D eigenvalue weighted by atomic mass is 35.5. The van der Waals surface area contributed by atoms with E-state index in [-0.39, 0.29) is 24.3 Å². The Morgan fingerprint density at radius 2 is 2.16 bits per heavy atom. The molecule has 1 aliphatic heterocycles. The molecular formula is C14H17ClN2O2. The van der Waals surface area contributed by atoms with Gasteiger partial charge < -0.3 is 5.73 Å². The van der Waals surface area contributed by atoms with Gasteiger partial charge in [-0.25, -0.2) is 0 Å². The van der Waals surface area contributed by atoms with Gasteiger partial charge in [-0.15, -0.1) is 0 Å². The zero-order chi connectivity index (χ0) is 13.8. The van der Waals surface area contributed by atoms with Gasteiger partial charge in [-0.1, -0.05) is 30.2 Å². The molecule has 5 heteroatoms. The van der Waals surface area contributed by atoms with Crippen LogP contribution in [0.5, 0.6) is 0 Å². The molecule has 1 saturated heterocycles. The molecule has 0 aliphatic carbocycles. The predicted octanol–water partition coefficient (Wildman–Crippen LogP) is 1.86. The third-order valence-corrected chi connectivity index (χ3v) is 3.67. The molecule has 2 N–H and O–H groups in total. The van der Waals surface area contributed by atoms with Crippen LogP contribution in [0, 0.1) is 0 Å². The lowest BCUT2D eigenvalue weighted by Gasteiger charge is -2.32. The lowest BCUT2D eigenvalue weighted by atomic mass is 10.0. The number of primary amides is 1. The molecule has 2 rings (SSSR count). The van der Waals surface area contributed by atoms with Crippen LogP contribution in [0.15, 0.2) is 24.3 Å². The summed E-state index contributed by atoms with van der Waals surface area (Å²) >= 11 is 5.87. The summed E-state index contributed by atoms with van der Waals surface area (Å²) in [7, 11) is 0. The number of hydrogen-bond donors (Lipinski definition) is 1. The average molecular weight is 281 g/mol. The SMILES string of the molecule is NC(=O)C1CCCCN1CC(=O)c1cccc(Cl)c1. The number of benzene rings is 1. The zero-order valence-electron chi connectivity index (χ0n) is 10.6. The number of nitrogens with two attached hydrogens (primary N) is 1. The van der Waals surface area contributed by atoms with Gasteiger partial charge >= 0.3 is 0 Å². The molecule has 0 saturated carbocycles. The molecular weight excluding hydrogens is 264 g/mol. The second-order valence-corrected chi connectivity index (χ2v) is 5.25. The van der Waals surface area contributed by atoms with Crippen LogP contribution >= 0.6 is 11.6 Å². The number of piperidine rings is 1. The van der Waals surface area contributed by atoms with E-state index in [2.05, 4.69) is 0 Å². The van der Waals surface area contributed by atoms with Crippen molar-refractivity contribution in [2.75, 3.05) is 13.1 Å². The van der Waals surface area contributed by atoms with E-state index in [1.807, 2.05) is 4.90 Å². The van der Waals surface area contributed by atoms with Crippen LogP contribution < -0.4 is 5.73 Å². The Bertz CT molecular complexity index is 490. The van der Waals surface area contributed by atoms with Crippen LogP contribution in [0.25, 0.3) is 0 Å². The normalized spacial score (nSPS) is 20.2. The summed E-state index contributed by atoms with van der Waals surface area (Å²) in [5, 5.41) is 0.538. The molecule has 102 valence electrons. The second kappa shape index (κ2) is 6.17. The number of Topliss-reactive ketones (excluding diaryl/α,β-unsaturated/α-hetero) is 1. The van der Waals surface area contributed by atoms with Crippen molar-refractivity contribution >= 4 is 23.3 Å². The standard InChI is InChI=1S/C14H17ClN2O2/c15-11-5-3-4-10(8-11)13(18)9-17-7-2-1-6-12(17)14(16)19/h3-5,8,12H,1-2,6-7,9H2,(H2,16,19). The Hall–Kier alpha value is -1.39. The molecule has 1 unspecified atom stereocenters. The number of carbonyl (C=O) groups is 2. The molecule has 1 heterocycles. The summed E-state index contributed by atoms with van der Waals surface area (Å²) < 4.78 is 0. The van der Waals surface area contributed by atoms with Gasteiger partial charge in [0.25, 0.3) is 0 Å². The summed E-state index contributed by atoms with van der Waals surface area (Å²) in [4.78, 5) is 25.4. The Balaban J connectivity index is 2.07. The lowest BCUT2D eigenvalue weighted by Crippen LogP contribution is -2.49. The number of amides is 1. The average Bonchev–Trinajstić information content (AvgIpc) is 2.39. The van der Waals surface area contributed by atoms with E-state index in [1.165, 1.54) is 0 Å². The fraction of sp³-hybridized carbons (Fsp3) is 0.429. The zero-order valence-corrected chi connectivity index (χ0v) is 11.4. The van der Waals surface area contributed by atoms with E-state index in [9.17, 15) is 9.59 Å². The first-order chi connectivity index (χ1) is 9.08. The van der Waals surface area contributed by atoms with Crippen molar-refractivity contribution in [3.05, 3.63) is 34.9 Å². The number of ketones is 1. The van der Waals surface area contributed by atoms with Crippen molar-refractivity contribution in [1.82, 2.24) is 4.90 Å². The number of rotatable bonds is 4. The highest BCUT2D eigenvalue weighted by molar-refractivity contribution is 6.31. The minimum Gasteiger partial charge on any atom is -0.368 e. The first-order valence-electron chi connectivity index (χ1n) is 6.40. The van der Waals surface area contributed by atoms with E-state index in [0.29, 0.717) is 10.6 Å². The quantitative estimate of drug-likeness (QED) is 0.856. The van der Waals surface area contributed by atoms with E-state index in [0.717, 1.165) is 25.8 Å². The van der Waals surface area contributed by atoms with Crippen molar-refractivity contribution < 1.29 is 9.59 Å². The van der Waals surface area contributed by atoms with Crippen molar-refractivity contribution in [3.63, 3.8) is 0 Å². The third-order valence-electron chi connectivity index (χ3n) is 3.44. The highest BCUT2D eigenvalue weighted by Crippen LogP contribution is 2.18. The number of hydrogen-bond acceptors (Lipinski definition) is 3. The first kappa shape index (κ1) is 14.0. The maximum atomic E-state index is 12.2. The monoisotopic (exact) mass is 280 g/mol. The summed E-state index contributed by atoms with van der Waals surface area (Å²) in [5.74, 6) is -0.380. The Morgan fingerprint density at radius 3 is 2.84 bits per heavy atom. The number of halogens is 1. The molecule has 0 bridgehead atoms. The molecule has 1 atom stereocenters. The fourth-order valence-electron chi connectivity index (χ4n) is 2.44. The minimum atomic E-state index is -0.349. The van der Waals surface area contributed by atoms with Gasteiger partial charge in [0.1, 0.15) is 0 Å². The van der Waals surface area contributed by atoms with E-state index in [1.54, 1.807) is 24.3 Å². The maximum Gasteiger partial charge on any atom is 0.234 e. The lowest BCUT2D eigenvalue weighted by molar-refractivity contribution is -0.124. The van der Waals surface area contributed by atoms with E-state index >= 15 is 0 Å². The number of likely N-dealkylation sites (tertiary alicyclic amines) is 1. The Labute approximate surface area is 117 Å². The van der Waals surface area contributed by atoms with Crippen LogP contribution in [0.4, 0.5) is 0 Å². The van der Waals surface area contributed by atoms with Crippen LogP contribution in [-0.4, -0.2) is 35.7 Å². The van der Waals surface area contributed by atoms with Crippen LogP contribution in [0.3, 0.4) is 0 Å². The first-order valence-corrected chi connectivity index (χ1v) is 6.78. The number of nitrogens with zero attached hydrogens (tertiary/aromatic N) is 1. The van der Waals surface area contributed by atoms with Gasteiger partial charge in [0.2, 0.25) is 5.91 Å². The van der Waals surface area contributed by atoms with Gasteiger partial charge in [-0.2, -0.15) is 0 Å². The predicted molar refractivity (Wildman–Crippen MR) is 74.2 cm³/mol. The second-order valence-electron chi connectivity index (χ2n) is 4.82. The van der Waals surface area contributed by atoms with Gasteiger partial charge in [-0.05, 0) is 31.5 Å². The molecule has 1 amide bonds. The van der Waals surface area contributed by atoms with E-state index < -0.39 is 0 Å². The molecule has 0 radical (unpaired) electrons. The van der Waals surface area contributed by atoms with Gasteiger partial charge in [0.05, 0.1) is 12.6 Å². The van der Waals surface area contributed by atoms with Gasteiger partial charge in [0.15, 0.2) is 5.78 Å². The van der Waals surface area contributed by atoms with Gasteiger partial charge in [0, 0.05) is 10.6 Å². The summed E-state index contributed by atoms with van der Waals surface area (Å²) in [6.07, 6.45) is 2.71.